The van der Waals surface area contributed by atoms with Crippen LogP contribution in [0.25, 0.3) is 10.9 Å². The minimum Gasteiger partial charge on any atom is -0.497 e. The van der Waals surface area contributed by atoms with Crippen LogP contribution in [0.2, 0.25) is 0 Å². The SMILES string of the molecule is COc1ccc2c(C(=O)C(C)(C)C)nn(CC(=O)N(C)CCC(C)C)c2c1. The van der Waals surface area contributed by atoms with Crippen molar-refractivity contribution in [1.82, 2.24) is 14.7 Å². The predicted molar refractivity (Wildman–Crippen MR) is 107 cm³/mol. The molecule has 1 aromatic heterocycles. The average Bonchev–Trinajstić information content (AvgIpc) is 2.95. The van der Waals surface area contributed by atoms with Crippen LogP contribution in [0, 0.1) is 11.3 Å². The third-order valence-corrected chi connectivity index (χ3v) is 4.61. The van der Waals surface area contributed by atoms with Gasteiger partial charge in [0.05, 0.1) is 12.6 Å². The summed E-state index contributed by atoms with van der Waals surface area (Å²) in [5, 5.41) is 5.26. The van der Waals surface area contributed by atoms with Crippen molar-refractivity contribution in [3.05, 3.63) is 23.9 Å². The summed E-state index contributed by atoms with van der Waals surface area (Å²) in [6.07, 6.45) is 0.948. The Bertz CT molecular complexity index is 831. The molecule has 0 saturated heterocycles. The monoisotopic (exact) mass is 373 g/mol. The number of amides is 1. The molecule has 1 aromatic carbocycles. The lowest BCUT2D eigenvalue weighted by molar-refractivity contribution is -0.130. The Balaban J connectivity index is 2.40. The fraction of sp³-hybridized carbons (Fsp3) is 0.571. The largest absolute Gasteiger partial charge is 0.497 e. The predicted octanol–water partition coefficient (Wildman–Crippen LogP) is 3.78. The first kappa shape index (κ1) is 20.9. The minimum absolute atomic E-state index is 0.0300. The minimum atomic E-state index is -0.551. The van der Waals surface area contributed by atoms with Crippen LogP contribution in [0.15, 0.2) is 18.2 Å². The molecule has 0 aliphatic heterocycles. The van der Waals surface area contributed by atoms with Gasteiger partial charge in [0.1, 0.15) is 18.0 Å². The van der Waals surface area contributed by atoms with Gasteiger partial charge < -0.3 is 9.64 Å². The van der Waals surface area contributed by atoms with Crippen LogP contribution in [0.5, 0.6) is 5.75 Å². The van der Waals surface area contributed by atoms with Crippen molar-refractivity contribution in [3.63, 3.8) is 0 Å². The Kier molecular flexibility index (Phi) is 6.29. The van der Waals surface area contributed by atoms with Crippen LogP contribution >= 0.6 is 0 Å². The van der Waals surface area contributed by atoms with Crippen molar-refractivity contribution in [2.75, 3.05) is 20.7 Å². The van der Waals surface area contributed by atoms with Crippen molar-refractivity contribution in [2.45, 2.75) is 47.6 Å². The Labute approximate surface area is 161 Å². The number of benzene rings is 1. The molecule has 27 heavy (non-hydrogen) atoms. The smallest absolute Gasteiger partial charge is 0.244 e. The maximum atomic E-state index is 12.8. The highest BCUT2D eigenvalue weighted by molar-refractivity contribution is 6.08. The van der Waals surface area contributed by atoms with Crippen molar-refractivity contribution in [3.8, 4) is 5.75 Å². The van der Waals surface area contributed by atoms with E-state index >= 15 is 0 Å². The fourth-order valence-electron chi connectivity index (χ4n) is 2.75. The molecule has 1 amide bonds. The highest BCUT2D eigenvalue weighted by Gasteiger charge is 2.28. The van der Waals surface area contributed by atoms with Gasteiger partial charge in [0, 0.05) is 30.5 Å². The molecule has 0 N–H and O–H groups in total. The van der Waals surface area contributed by atoms with Gasteiger partial charge in [-0.05, 0) is 24.5 Å². The summed E-state index contributed by atoms with van der Waals surface area (Å²) in [4.78, 5) is 27.2. The van der Waals surface area contributed by atoms with Crippen LogP contribution in [-0.2, 0) is 11.3 Å². The lowest BCUT2D eigenvalue weighted by atomic mass is 9.88. The number of hydrogen-bond donors (Lipinski definition) is 0. The number of carbonyl (C=O) groups is 2. The molecule has 2 rings (SSSR count). The number of ether oxygens (including phenoxy) is 1. The maximum absolute atomic E-state index is 12.8. The number of aromatic nitrogens is 2. The Morgan fingerprint density at radius 3 is 2.48 bits per heavy atom. The molecule has 148 valence electrons. The zero-order valence-corrected chi connectivity index (χ0v) is 17.5. The van der Waals surface area contributed by atoms with Gasteiger partial charge in [-0.15, -0.1) is 0 Å². The average molecular weight is 373 g/mol. The third-order valence-electron chi connectivity index (χ3n) is 4.61. The first-order valence-corrected chi connectivity index (χ1v) is 9.38. The number of Topliss-reactive ketones (excluding diaryl/α,β-unsaturated/α-hetero) is 1. The molecule has 0 saturated carbocycles. The molecule has 6 heteroatoms. The first-order valence-electron chi connectivity index (χ1n) is 9.38. The van der Waals surface area contributed by atoms with E-state index in [1.165, 1.54) is 0 Å². The van der Waals surface area contributed by atoms with Gasteiger partial charge in [-0.2, -0.15) is 5.10 Å². The molecule has 0 aliphatic rings. The normalized spacial score (nSPS) is 11.9. The second kappa shape index (κ2) is 8.11. The van der Waals surface area contributed by atoms with Gasteiger partial charge in [0.2, 0.25) is 5.91 Å². The molecule has 0 bridgehead atoms. The van der Waals surface area contributed by atoms with Gasteiger partial charge in [0.15, 0.2) is 5.78 Å². The highest BCUT2D eigenvalue weighted by Crippen LogP contribution is 2.29. The number of rotatable bonds is 7. The van der Waals surface area contributed by atoms with Crippen LogP contribution in [0.1, 0.15) is 51.5 Å². The number of fused-ring (bicyclic) bond motifs is 1. The summed E-state index contributed by atoms with van der Waals surface area (Å²) >= 11 is 0. The third kappa shape index (κ3) is 4.87. The zero-order valence-electron chi connectivity index (χ0n) is 17.5. The van der Waals surface area contributed by atoms with E-state index < -0.39 is 5.41 Å². The maximum Gasteiger partial charge on any atom is 0.244 e. The molecule has 0 atom stereocenters. The van der Waals surface area contributed by atoms with Crippen molar-refractivity contribution < 1.29 is 14.3 Å². The van der Waals surface area contributed by atoms with E-state index in [2.05, 4.69) is 18.9 Å². The topological polar surface area (TPSA) is 64.4 Å². The summed E-state index contributed by atoms with van der Waals surface area (Å²) in [6.45, 7) is 10.7. The summed E-state index contributed by atoms with van der Waals surface area (Å²) in [5.41, 5.74) is 0.578. The van der Waals surface area contributed by atoms with E-state index in [-0.39, 0.29) is 18.2 Å². The number of ketones is 1. The summed E-state index contributed by atoms with van der Waals surface area (Å²) in [7, 11) is 3.39. The number of methoxy groups -OCH3 is 1. The number of hydrogen-bond acceptors (Lipinski definition) is 4. The number of nitrogens with zero attached hydrogens (tertiary/aromatic N) is 3. The molecule has 6 nitrogen and oxygen atoms in total. The van der Waals surface area contributed by atoms with E-state index in [0.29, 0.717) is 23.9 Å². The van der Waals surface area contributed by atoms with E-state index in [9.17, 15) is 9.59 Å². The summed E-state index contributed by atoms with van der Waals surface area (Å²) in [5.74, 6) is 1.12. The molecule has 0 fully saturated rings. The Hall–Kier alpha value is -2.37. The van der Waals surface area contributed by atoms with E-state index in [0.717, 1.165) is 17.3 Å². The molecule has 0 radical (unpaired) electrons. The Morgan fingerprint density at radius 2 is 1.93 bits per heavy atom. The van der Waals surface area contributed by atoms with Crippen LogP contribution < -0.4 is 4.74 Å². The summed E-state index contributed by atoms with van der Waals surface area (Å²) < 4.78 is 6.93. The second-order valence-corrected chi connectivity index (χ2v) is 8.47. The van der Waals surface area contributed by atoms with Gasteiger partial charge in [-0.25, -0.2) is 0 Å². The molecule has 0 unspecified atom stereocenters. The van der Waals surface area contributed by atoms with E-state index in [1.807, 2.05) is 39.0 Å². The van der Waals surface area contributed by atoms with E-state index in [4.69, 9.17) is 4.74 Å². The lowest BCUT2D eigenvalue weighted by Crippen LogP contribution is -2.32. The van der Waals surface area contributed by atoms with Crippen LogP contribution in [0.3, 0.4) is 0 Å². The van der Waals surface area contributed by atoms with Crippen molar-refractivity contribution in [1.29, 1.82) is 0 Å². The highest BCUT2D eigenvalue weighted by atomic mass is 16.5. The van der Waals surface area contributed by atoms with Gasteiger partial charge in [-0.1, -0.05) is 34.6 Å². The van der Waals surface area contributed by atoms with E-state index in [1.54, 1.807) is 23.7 Å². The molecule has 1 heterocycles. The molecular weight excluding hydrogens is 342 g/mol. The molecular formula is C21H31N3O3. The molecule has 2 aromatic rings. The lowest BCUT2D eigenvalue weighted by Gasteiger charge is -2.18. The quantitative estimate of drug-likeness (QED) is 0.693. The fourth-order valence-corrected chi connectivity index (χ4v) is 2.75. The van der Waals surface area contributed by atoms with Crippen molar-refractivity contribution >= 4 is 22.6 Å². The number of carbonyl (C=O) groups excluding carboxylic acids is 2. The van der Waals surface area contributed by atoms with Gasteiger partial charge in [-0.3, -0.25) is 14.3 Å². The van der Waals surface area contributed by atoms with Gasteiger partial charge >= 0.3 is 0 Å². The zero-order chi connectivity index (χ0) is 20.4. The van der Waals surface area contributed by atoms with Crippen LogP contribution in [0.4, 0.5) is 0 Å². The number of likely N-dealkylation sites (N-methyl/N-ethyl adjacent to an activating group) is 1. The molecule has 0 spiro atoms. The second-order valence-electron chi connectivity index (χ2n) is 8.47. The first-order chi connectivity index (χ1) is 12.5. The standard InChI is InChI=1S/C21H31N3O3/c1-14(2)10-11-23(6)18(25)13-24-17-12-15(27-7)8-9-16(17)19(22-24)20(26)21(3,4)5/h8-9,12,14H,10-11,13H2,1-7H3. The van der Waals surface area contributed by atoms with Crippen molar-refractivity contribution in [2.24, 2.45) is 11.3 Å². The molecule has 0 aliphatic carbocycles. The summed E-state index contributed by atoms with van der Waals surface area (Å²) in [6, 6.07) is 5.47. The van der Waals surface area contributed by atoms with Gasteiger partial charge in [0.25, 0.3) is 0 Å². The Morgan fingerprint density at radius 1 is 1.26 bits per heavy atom. The van der Waals surface area contributed by atoms with Crippen LogP contribution in [-0.4, -0.2) is 47.1 Å².